The van der Waals surface area contributed by atoms with Crippen molar-refractivity contribution in [2.45, 2.75) is 66.3 Å². The van der Waals surface area contributed by atoms with Crippen LogP contribution in [0.15, 0.2) is 54.6 Å². The SMILES string of the molecule is CCc1ccccc1NC(=O)N(CC(=O)Nc1cc(C(C)(C)C)nn1-c1ccc(C)cc1)C(C)C. The molecular formula is C28H37N5O2. The van der Waals surface area contributed by atoms with E-state index in [-0.39, 0.29) is 29.9 Å². The maximum Gasteiger partial charge on any atom is 0.322 e. The molecule has 0 unspecified atom stereocenters. The first kappa shape index (κ1) is 26.0. The third-order valence-corrected chi connectivity index (χ3v) is 5.86. The fourth-order valence-corrected chi connectivity index (χ4v) is 3.68. The van der Waals surface area contributed by atoms with Crippen LogP contribution in [0.2, 0.25) is 0 Å². The summed E-state index contributed by atoms with van der Waals surface area (Å²) in [6.45, 7) is 14.0. The molecule has 0 aliphatic carbocycles. The quantitative estimate of drug-likeness (QED) is 0.445. The van der Waals surface area contributed by atoms with Crippen LogP contribution in [0, 0.1) is 6.92 Å². The number of rotatable bonds is 7. The Kier molecular flexibility index (Phi) is 7.99. The van der Waals surface area contributed by atoms with Crippen molar-refractivity contribution in [2.75, 3.05) is 17.2 Å². The van der Waals surface area contributed by atoms with Crippen molar-refractivity contribution in [3.05, 3.63) is 71.4 Å². The Labute approximate surface area is 208 Å². The summed E-state index contributed by atoms with van der Waals surface area (Å²) in [6, 6.07) is 17.1. The van der Waals surface area contributed by atoms with Crippen molar-refractivity contribution in [3.63, 3.8) is 0 Å². The van der Waals surface area contributed by atoms with E-state index >= 15 is 0 Å². The number of carbonyl (C=O) groups is 2. The number of benzene rings is 2. The molecule has 3 aromatic rings. The van der Waals surface area contributed by atoms with Gasteiger partial charge in [-0.3, -0.25) is 4.79 Å². The van der Waals surface area contributed by atoms with Gasteiger partial charge in [-0.2, -0.15) is 5.10 Å². The lowest BCUT2D eigenvalue weighted by Gasteiger charge is -2.27. The number of nitrogens with one attached hydrogen (secondary N) is 2. The van der Waals surface area contributed by atoms with Crippen LogP contribution in [0.25, 0.3) is 5.69 Å². The van der Waals surface area contributed by atoms with Gasteiger partial charge in [0.2, 0.25) is 5.91 Å². The van der Waals surface area contributed by atoms with Crippen LogP contribution in [-0.4, -0.2) is 39.2 Å². The monoisotopic (exact) mass is 475 g/mol. The lowest BCUT2D eigenvalue weighted by molar-refractivity contribution is -0.117. The first-order chi connectivity index (χ1) is 16.5. The summed E-state index contributed by atoms with van der Waals surface area (Å²) in [6.07, 6.45) is 0.803. The van der Waals surface area contributed by atoms with Crippen molar-refractivity contribution >= 4 is 23.4 Å². The minimum atomic E-state index is -0.307. The van der Waals surface area contributed by atoms with E-state index in [0.29, 0.717) is 5.82 Å². The summed E-state index contributed by atoms with van der Waals surface area (Å²) in [4.78, 5) is 27.7. The highest BCUT2D eigenvalue weighted by atomic mass is 16.2. The van der Waals surface area contributed by atoms with Crippen LogP contribution in [0.1, 0.15) is 58.4 Å². The third kappa shape index (κ3) is 6.50. The van der Waals surface area contributed by atoms with Crippen molar-refractivity contribution in [3.8, 4) is 5.69 Å². The number of hydrogen-bond acceptors (Lipinski definition) is 3. The Balaban J connectivity index is 1.81. The topological polar surface area (TPSA) is 79.3 Å². The molecule has 0 aliphatic rings. The number of para-hydroxylation sites is 1. The zero-order valence-corrected chi connectivity index (χ0v) is 21.8. The van der Waals surface area contributed by atoms with Crippen LogP contribution in [0.3, 0.4) is 0 Å². The van der Waals surface area contributed by atoms with Crippen LogP contribution in [-0.2, 0) is 16.6 Å². The summed E-state index contributed by atoms with van der Waals surface area (Å²) in [7, 11) is 0. The molecule has 7 nitrogen and oxygen atoms in total. The van der Waals surface area contributed by atoms with Gasteiger partial charge in [0.1, 0.15) is 12.4 Å². The van der Waals surface area contributed by atoms with Crippen LogP contribution in [0.4, 0.5) is 16.3 Å². The van der Waals surface area contributed by atoms with E-state index in [1.54, 1.807) is 4.68 Å². The molecule has 0 spiro atoms. The summed E-state index contributed by atoms with van der Waals surface area (Å²) in [5.41, 5.74) is 4.49. The van der Waals surface area contributed by atoms with Gasteiger partial charge < -0.3 is 15.5 Å². The highest BCUT2D eigenvalue weighted by Gasteiger charge is 2.24. The smallest absolute Gasteiger partial charge is 0.313 e. The fraction of sp³-hybridized carbons (Fsp3) is 0.393. The second-order valence-electron chi connectivity index (χ2n) is 10.1. The van der Waals surface area contributed by atoms with E-state index in [9.17, 15) is 9.59 Å². The van der Waals surface area contributed by atoms with Crippen LogP contribution >= 0.6 is 0 Å². The second kappa shape index (κ2) is 10.8. The summed E-state index contributed by atoms with van der Waals surface area (Å²) >= 11 is 0. The van der Waals surface area contributed by atoms with Gasteiger partial charge in [0.15, 0.2) is 0 Å². The highest BCUT2D eigenvalue weighted by molar-refractivity contribution is 5.97. The van der Waals surface area contributed by atoms with Gasteiger partial charge >= 0.3 is 6.03 Å². The van der Waals surface area contributed by atoms with E-state index in [0.717, 1.165) is 34.6 Å². The molecule has 3 rings (SSSR count). The van der Waals surface area contributed by atoms with Crippen molar-refractivity contribution in [1.82, 2.24) is 14.7 Å². The molecule has 0 saturated heterocycles. The van der Waals surface area contributed by atoms with Gasteiger partial charge in [-0.25, -0.2) is 9.48 Å². The zero-order chi connectivity index (χ0) is 25.8. The Morgan fingerprint density at radius 3 is 2.29 bits per heavy atom. The molecule has 0 bridgehead atoms. The number of urea groups is 1. The first-order valence-corrected chi connectivity index (χ1v) is 12.1. The molecule has 1 heterocycles. The van der Waals surface area contributed by atoms with E-state index in [2.05, 4.69) is 31.4 Å². The van der Waals surface area contributed by atoms with E-state index in [1.807, 2.05) is 82.3 Å². The Hall–Kier alpha value is -3.61. The molecule has 0 atom stereocenters. The number of aromatic nitrogens is 2. The first-order valence-electron chi connectivity index (χ1n) is 12.1. The molecule has 0 saturated carbocycles. The van der Waals surface area contributed by atoms with Crippen LogP contribution < -0.4 is 10.6 Å². The van der Waals surface area contributed by atoms with Crippen molar-refractivity contribution < 1.29 is 9.59 Å². The Morgan fingerprint density at radius 2 is 1.69 bits per heavy atom. The average Bonchev–Trinajstić information content (AvgIpc) is 3.22. The zero-order valence-electron chi connectivity index (χ0n) is 21.8. The predicted octanol–water partition coefficient (Wildman–Crippen LogP) is 5.92. The molecular weight excluding hydrogens is 438 g/mol. The molecule has 0 radical (unpaired) electrons. The standard InChI is InChI=1S/C28H37N5O2/c1-8-21-11-9-10-12-23(21)29-27(35)32(19(2)3)18-26(34)30-25-17-24(28(5,6)7)31-33(25)22-15-13-20(4)14-16-22/h9-17,19H,8,18H2,1-7H3,(H,29,35)(H,30,34). The predicted molar refractivity (Wildman–Crippen MR) is 142 cm³/mol. The minimum absolute atomic E-state index is 0.0816. The molecule has 1 aromatic heterocycles. The largest absolute Gasteiger partial charge is 0.322 e. The maximum atomic E-state index is 13.1. The van der Waals surface area contributed by atoms with Gasteiger partial charge in [-0.05, 0) is 51.0 Å². The molecule has 2 N–H and O–H groups in total. The number of carbonyl (C=O) groups excluding carboxylic acids is 2. The third-order valence-electron chi connectivity index (χ3n) is 5.86. The Morgan fingerprint density at radius 1 is 1.03 bits per heavy atom. The molecule has 0 fully saturated rings. The normalized spacial score (nSPS) is 11.4. The second-order valence-corrected chi connectivity index (χ2v) is 10.1. The number of nitrogens with zero attached hydrogens (tertiary/aromatic N) is 3. The van der Waals surface area contributed by atoms with Gasteiger partial charge in [0, 0.05) is 23.2 Å². The average molecular weight is 476 g/mol. The molecule has 7 heteroatoms. The molecule has 186 valence electrons. The molecule has 35 heavy (non-hydrogen) atoms. The van der Waals surface area contributed by atoms with E-state index < -0.39 is 0 Å². The maximum absolute atomic E-state index is 13.1. The molecule has 2 aromatic carbocycles. The fourth-order valence-electron chi connectivity index (χ4n) is 3.68. The van der Waals surface area contributed by atoms with E-state index in [4.69, 9.17) is 5.10 Å². The highest BCUT2D eigenvalue weighted by Crippen LogP contribution is 2.26. The molecule has 0 aliphatic heterocycles. The molecule has 3 amide bonds. The summed E-state index contributed by atoms with van der Waals surface area (Å²) in [5.74, 6) is 0.288. The van der Waals surface area contributed by atoms with Crippen molar-refractivity contribution in [1.29, 1.82) is 0 Å². The lowest BCUT2D eigenvalue weighted by atomic mass is 9.92. The lowest BCUT2D eigenvalue weighted by Crippen LogP contribution is -2.44. The van der Waals surface area contributed by atoms with Gasteiger partial charge in [0.05, 0.1) is 11.4 Å². The summed E-state index contributed by atoms with van der Waals surface area (Å²) < 4.78 is 1.75. The number of hydrogen-bond donors (Lipinski definition) is 2. The summed E-state index contributed by atoms with van der Waals surface area (Å²) in [5, 5.41) is 10.7. The number of anilines is 2. The van der Waals surface area contributed by atoms with Gasteiger partial charge in [-0.1, -0.05) is 63.6 Å². The Bertz CT molecular complexity index is 1170. The van der Waals surface area contributed by atoms with Gasteiger partial charge in [-0.15, -0.1) is 0 Å². The minimum Gasteiger partial charge on any atom is -0.313 e. The van der Waals surface area contributed by atoms with Gasteiger partial charge in [0.25, 0.3) is 0 Å². The number of amides is 3. The van der Waals surface area contributed by atoms with Crippen molar-refractivity contribution in [2.24, 2.45) is 0 Å². The number of aryl methyl sites for hydroxylation is 2. The van der Waals surface area contributed by atoms with Crippen LogP contribution in [0.5, 0.6) is 0 Å². The van der Waals surface area contributed by atoms with E-state index in [1.165, 1.54) is 4.90 Å².